The van der Waals surface area contributed by atoms with E-state index in [4.69, 9.17) is 0 Å². The van der Waals surface area contributed by atoms with E-state index in [1.165, 1.54) is 5.56 Å². The highest BCUT2D eigenvalue weighted by atomic mass is 79.9. The normalized spacial score (nSPS) is 11.5. The van der Waals surface area contributed by atoms with Gasteiger partial charge in [0.05, 0.1) is 0 Å². The summed E-state index contributed by atoms with van der Waals surface area (Å²) >= 11 is 3.43. The summed E-state index contributed by atoms with van der Waals surface area (Å²) in [6.45, 7) is 5.23. The topological polar surface area (TPSA) is 56.7 Å². The Morgan fingerprint density at radius 3 is 2.50 bits per heavy atom. The fourth-order valence-corrected chi connectivity index (χ4v) is 2.27. The van der Waals surface area contributed by atoms with E-state index in [-0.39, 0.29) is 11.9 Å². The Labute approximate surface area is 141 Å². The molecule has 2 N–H and O–H groups in total. The molecule has 0 aliphatic rings. The summed E-state index contributed by atoms with van der Waals surface area (Å²) in [5.74, 6) is 0.828. The molecule has 0 saturated heterocycles. The largest absolute Gasteiger partial charge is 0.356 e. The summed E-state index contributed by atoms with van der Waals surface area (Å²) in [6, 6.07) is 8.37. The second kappa shape index (κ2) is 9.46. The number of halogens is 1. The number of aliphatic imine (C=N–C) groups is 1. The molecule has 0 aliphatic heterocycles. The van der Waals surface area contributed by atoms with Crippen LogP contribution in [0.1, 0.15) is 25.8 Å². The van der Waals surface area contributed by atoms with Crippen LogP contribution in [-0.2, 0) is 11.3 Å². The molecule has 0 radical (unpaired) electrons. The van der Waals surface area contributed by atoms with Crippen LogP contribution in [0.5, 0.6) is 0 Å². The van der Waals surface area contributed by atoms with Gasteiger partial charge in [-0.3, -0.25) is 9.79 Å². The van der Waals surface area contributed by atoms with Crippen molar-refractivity contribution < 1.29 is 4.79 Å². The Hall–Kier alpha value is -1.56. The van der Waals surface area contributed by atoms with E-state index in [0.717, 1.165) is 17.0 Å². The molecule has 0 aliphatic carbocycles. The van der Waals surface area contributed by atoms with Crippen LogP contribution in [-0.4, -0.2) is 43.4 Å². The fraction of sp³-hybridized carbons (Fsp3) is 0.500. The smallest absolute Gasteiger partial charge is 0.221 e. The van der Waals surface area contributed by atoms with Crippen molar-refractivity contribution in [1.29, 1.82) is 0 Å². The fourth-order valence-electron chi connectivity index (χ4n) is 2.01. The summed E-state index contributed by atoms with van der Waals surface area (Å²) in [5, 5.41) is 6.08. The van der Waals surface area contributed by atoms with Gasteiger partial charge in [-0.2, -0.15) is 0 Å². The first-order chi connectivity index (χ1) is 10.4. The molecule has 0 spiro atoms. The van der Waals surface area contributed by atoms with Gasteiger partial charge in [0.2, 0.25) is 5.91 Å². The van der Waals surface area contributed by atoms with Crippen molar-refractivity contribution in [3.8, 4) is 0 Å². The van der Waals surface area contributed by atoms with Crippen molar-refractivity contribution in [3.63, 3.8) is 0 Å². The maximum Gasteiger partial charge on any atom is 0.221 e. The molecule has 1 aromatic carbocycles. The van der Waals surface area contributed by atoms with Crippen LogP contribution in [0.15, 0.2) is 33.7 Å². The summed E-state index contributed by atoms with van der Waals surface area (Å²) in [6.07, 6.45) is 0.434. The van der Waals surface area contributed by atoms with Gasteiger partial charge < -0.3 is 15.5 Å². The number of rotatable bonds is 6. The highest BCUT2D eigenvalue weighted by molar-refractivity contribution is 9.10. The predicted octanol–water partition coefficient (Wildman–Crippen LogP) is 2.37. The van der Waals surface area contributed by atoms with Gasteiger partial charge in [0.15, 0.2) is 5.96 Å². The predicted molar refractivity (Wildman–Crippen MR) is 94.9 cm³/mol. The number of benzene rings is 1. The number of carbonyl (C=O) groups is 1. The quantitative estimate of drug-likeness (QED) is 0.598. The number of hydrogen-bond acceptors (Lipinski definition) is 2. The Bertz CT molecular complexity index is 499. The van der Waals surface area contributed by atoms with Gasteiger partial charge in [0.25, 0.3) is 0 Å². The zero-order chi connectivity index (χ0) is 16.5. The van der Waals surface area contributed by atoms with E-state index in [1.807, 2.05) is 37.9 Å². The minimum atomic E-state index is 0.0496. The highest BCUT2D eigenvalue weighted by Crippen LogP contribution is 2.11. The zero-order valence-corrected chi connectivity index (χ0v) is 15.3. The van der Waals surface area contributed by atoms with Gasteiger partial charge in [0.1, 0.15) is 0 Å². The van der Waals surface area contributed by atoms with E-state index < -0.39 is 0 Å². The Kier molecular flexibility index (Phi) is 7.95. The number of amides is 1. The molecular weight excluding hydrogens is 344 g/mol. The van der Waals surface area contributed by atoms with Crippen LogP contribution in [0.2, 0.25) is 0 Å². The van der Waals surface area contributed by atoms with Gasteiger partial charge in [-0.25, -0.2) is 0 Å². The molecule has 0 heterocycles. The zero-order valence-electron chi connectivity index (χ0n) is 13.7. The Balaban J connectivity index is 2.43. The molecule has 1 rings (SSSR count). The minimum absolute atomic E-state index is 0.0496. The molecule has 1 amide bonds. The van der Waals surface area contributed by atoms with E-state index in [2.05, 4.69) is 43.7 Å². The average molecular weight is 369 g/mol. The molecule has 0 unspecified atom stereocenters. The lowest BCUT2D eigenvalue weighted by Crippen LogP contribution is -2.40. The van der Waals surface area contributed by atoms with Crippen LogP contribution in [0.25, 0.3) is 0 Å². The molecule has 0 saturated carbocycles. The van der Waals surface area contributed by atoms with E-state index >= 15 is 0 Å². The van der Waals surface area contributed by atoms with Crippen LogP contribution in [0.4, 0.5) is 0 Å². The van der Waals surface area contributed by atoms with Gasteiger partial charge >= 0.3 is 0 Å². The first-order valence-corrected chi connectivity index (χ1v) is 8.17. The lowest BCUT2D eigenvalue weighted by atomic mass is 10.2. The lowest BCUT2D eigenvalue weighted by molar-refractivity contribution is -0.121. The second-order valence-corrected chi connectivity index (χ2v) is 6.34. The Morgan fingerprint density at radius 2 is 1.95 bits per heavy atom. The summed E-state index contributed by atoms with van der Waals surface area (Å²) in [7, 11) is 3.72. The van der Waals surface area contributed by atoms with Crippen LogP contribution in [0, 0.1) is 0 Å². The molecule has 22 heavy (non-hydrogen) atoms. The van der Waals surface area contributed by atoms with E-state index in [0.29, 0.717) is 13.0 Å². The van der Waals surface area contributed by atoms with E-state index in [1.54, 1.807) is 7.05 Å². The molecule has 1 aromatic rings. The minimum Gasteiger partial charge on any atom is -0.356 e. The summed E-state index contributed by atoms with van der Waals surface area (Å²) in [4.78, 5) is 17.9. The van der Waals surface area contributed by atoms with Gasteiger partial charge in [-0.05, 0) is 31.5 Å². The third kappa shape index (κ3) is 6.93. The van der Waals surface area contributed by atoms with Crippen molar-refractivity contribution in [1.82, 2.24) is 15.5 Å². The maximum atomic E-state index is 11.6. The SMILES string of the molecule is CN=C(NCCC(=O)NC(C)C)N(C)Cc1ccc(Br)cc1. The standard InChI is InChI=1S/C16H25BrN4O/c1-12(2)20-15(22)9-10-19-16(18-3)21(4)11-13-5-7-14(17)8-6-13/h5-8,12H,9-11H2,1-4H3,(H,18,19)(H,20,22). The van der Waals surface area contributed by atoms with Crippen molar-refractivity contribution in [3.05, 3.63) is 34.3 Å². The number of guanidine groups is 1. The van der Waals surface area contributed by atoms with Crippen molar-refractivity contribution >= 4 is 27.8 Å². The first-order valence-electron chi connectivity index (χ1n) is 7.38. The van der Waals surface area contributed by atoms with Gasteiger partial charge in [0, 0.05) is 44.1 Å². The molecule has 0 bridgehead atoms. The third-order valence-corrected chi connectivity index (χ3v) is 3.52. The van der Waals surface area contributed by atoms with Crippen LogP contribution in [0.3, 0.4) is 0 Å². The molecular formula is C16H25BrN4O. The van der Waals surface area contributed by atoms with Gasteiger partial charge in [-0.1, -0.05) is 28.1 Å². The molecule has 0 atom stereocenters. The summed E-state index contributed by atoms with van der Waals surface area (Å²) < 4.78 is 1.07. The van der Waals surface area contributed by atoms with Crippen molar-refractivity contribution in [2.24, 2.45) is 4.99 Å². The van der Waals surface area contributed by atoms with Crippen LogP contribution >= 0.6 is 15.9 Å². The monoisotopic (exact) mass is 368 g/mol. The third-order valence-electron chi connectivity index (χ3n) is 2.99. The number of carbonyl (C=O) groups excluding carboxylic acids is 1. The molecule has 0 fully saturated rings. The maximum absolute atomic E-state index is 11.6. The number of hydrogen-bond donors (Lipinski definition) is 2. The number of nitrogens with one attached hydrogen (secondary N) is 2. The molecule has 6 heteroatoms. The highest BCUT2D eigenvalue weighted by Gasteiger charge is 2.08. The van der Waals surface area contributed by atoms with Crippen molar-refractivity contribution in [2.45, 2.75) is 32.9 Å². The first kappa shape index (κ1) is 18.5. The van der Waals surface area contributed by atoms with Crippen molar-refractivity contribution in [2.75, 3.05) is 20.6 Å². The lowest BCUT2D eigenvalue weighted by Gasteiger charge is -2.22. The summed E-state index contributed by atoms with van der Waals surface area (Å²) in [5.41, 5.74) is 1.20. The Morgan fingerprint density at radius 1 is 1.32 bits per heavy atom. The van der Waals surface area contributed by atoms with Crippen LogP contribution < -0.4 is 10.6 Å². The molecule has 122 valence electrons. The molecule has 5 nitrogen and oxygen atoms in total. The van der Waals surface area contributed by atoms with E-state index in [9.17, 15) is 4.79 Å². The van der Waals surface area contributed by atoms with Gasteiger partial charge in [-0.15, -0.1) is 0 Å². The second-order valence-electron chi connectivity index (χ2n) is 5.43. The average Bonchev–Trinajstić information content (AvgIpc) is 2.45. The molecule has 0 aromatic heterocycles. The number of nitrogens with zero attached hydrogens (tertiary/aromatic N) is 2.